The van der Waals surface area contributed by atoms with Crippen LogP contribution in [0.3, 0.4) is 0 Å². The Kier molecular flexibility index (Phi) is 9.41. The van der Waals surface area contributed by atoms with E-state index in [1.165, 1.54) is 22.3 Å². The van der Waals surface area contributed by atoms with Crippen molar-refractivity contribution in [3.63, 3.8) is 0 Å². The fourth-order valence-electron chi connectivity index (χ4n) is 6.83. The first-order valence-corrected chi connectivity index (χ1v) is 17.3. The lowest BCUT2D eigenvalue weighted by atomic mass is 9.69. The zero-order valence-corrected chi connectivity index (χ0v) is 26.2. The summed E-state index contributed by atoms with van der Waals surface area (Å²) in [6, 6.07) is 22.4. The minimum Gasteiger partial charge on any atom is -0.543 e. The van der Waals surface area contributed by atoms with E-state index < -0.39 is 8.32 Å². The number of aryl methyl sites for hydroxylation is 1. The lowest BCUT2D eigenvalue weighted by Crippen LogP contribution is -2.50. The third-order valence-corrected chi connectivity index (χ3v) is 14.8. The highest BCUT2D eigenvalue weighted by molar-refractivity contribution is 9.09. The summed E-state index contributed by atoms with van der Waals surface area (Å²) < 4.78 is 26.6. The summed E-state index contributed by atoms with van der Waals surface area (Å²) in [7, 11) is -2.04. The van der Waals surface area contributed by atoms with E-state index in [9.17, 15) is 4.39 Å². The summed E-state index contributed by atoms with van der Waals surface area (Å²) in [5.74, 6) is 2.17. The predicted molar refractivity (Wildman–Crippen MR) is 163 cm³/mol. The van der Waals surface area contributed by atoms with Crippen LogP contribution in [-0.4, -0.2) is 20.3 Å². The largest absolute Gasteiger partial charge is 0.543 e. The fraction of sp³-hybridized carbons (Fsp3) is 0.455. The van der Waals surface area contributed by atoms with Gasteiger partial charge in [0.05, 0.1) is 6.61 Å². The third-order valence-electron chi connectivity index (χ3n) is 8.46. The molecule has 204 valence electrons. The highest BCUT2D eigenvalue weighted by Crippen LogP contribution is 2.48. The molecular weight excluding hydrogens is 555 g/mol. The molecule has 0 heterocycles. The van der Waals surface area contributed by atoms with Gasteiger partial charge in [0.1, 0.15) is 17.3 Å². The van der Waals surface area contributed by atoms with Crippen molar-refractivity contribution in [3.05, 3.63) is 94.8 Å². The molecule has 0 aliphatic heterocycles. The van der Waals surface area contributed by atoms with Crippen LogP contribution in [0.2, 0.25) is 16.6 Å². The van der Waals surface area contributed by atoms with Crippen LogP contribution in [0, 0.1) is 5.82 Å². The molecule has 1 aliphatic rings. The van der Waals surface area contributed by atoms with Crippen LogP contribution < -0.4 is 9.16 Å². The summed E-state index contributed by atoms with van der Waals surface area (Å²) in [6.45, 7) is 14.6. The lowest BCUT2D eigenvalue weighted by molar-refractivity contribution is 0.345. The van der Waals surface area contributed by atoms with Crippen molar-refractivity contribution in [2.45, 2.75) is 82.8 Å². The van der Waals surface area contributed by atoms with Gasteiger partial charge in [-0.1, -0.05) is 87.8 Å². The number of ether oxygens (including phenoxy) is 1. The van der Waals surface area contributed by atoms with Gasteiger partial charge in [0.15, 0.2) is 0 Å². The Balaban J connectivity index is 1.74. The molecule has 0 spiro atoms. The molecule has 0 radical (unpaired) electrons. The zero-order valence-electron chi connectivity index (χ0n) is 23.6. The monoisotopic (exact) mass is 596 g/mol. The first-order valence-electron chi connectivity index (χ1n) is 14.0. The molecule has 1 aliphatic carbocycles. The van der Waals surface area contributed by atoms with E-state index in [0.717, 1.165) is 29.7 Å². The summed E-state index contributed by atoms with van der Waals surface area (Å²) in [6.07, 6.45) is 1.99. The second-order valence-electron chi connectivity index (χ2n) is 11.6. The van der Waals surface area contributed by atoms with Crippen LogP contribution in [0.15, 0.2) is 66.7 Å². The number of hydrogen-bond donors (Lipinski definition) is 0. The topological polar surface area (TPSA) is 18.5 Å². The second-order valence-corrected chi connectivity index (χ2v) is 17.7. The van der Waals surface area contributed by atoms with Crippen LogP contribution in [0.1, 0.15) is 82.1 Å². The van der Waals surface area contributed by atoms with E-state index in [0.29, 0.717) is 23.2 Å². The van der Waals surface area contributed by atoms with Crippen molar-refractivity contribution in [2.75, 3.05) is 11.9 Å². The van der Waals surface area contributed by atoms with Gasteiger partial charge in [-0.05, 0) is 94.0 Å². The van der Waals surface area contributed by atoms with Gasteiger partial charge >= 0.3 is 0 Å². The fourth-order valence-corrected chi connectivity index (χ4v) is 12.2. The molecular formula is C33H42BrFO2Si. The van der Waals surface area contributed by atoms with Gasteiger partial charge in [-0.25, -0.2) is 4.39 Å². The first-order chi connectivity index (χ1) is 18.2. The minimum absolute atomic E-state index is 0.186. The van der Waals surface area contributed by atoms with Gasteiger partial charge in [0, 0.05) is 11.2 Å². The standard InChI is InChI=1S/C33H42BrFO2Si/c1-22(2)38(23(3)4,24(5)6)37-30-16-18-32-27(21-30)11-17-31(25-7-12-28(35)13-8-25)33(32)26-9-14-29(15-10-26)36-20-19-34/h7-10,12-16,18,21-24,31,33H,11,17,19-20H2,1-6H3/t31-,33+/m0/s1. The molecule has 38 heavy (non-hydrogen) atoms. The van der Waals surface area contributed by atoms with Crippen LogP contribution in [0.25, 0.3) is 0 Å². The van der Waals surface area contributed by atoms with E-state index in [4.69, 9.17) is 9.16 Å². The summed E-state index contributed by atoms with van der Waals surface area (Å²) in [5.41, 5.74) is 6.74. The Morgan fingerprint density at radius 1 is 0.816 bits per heavy atom. The maximum atomic E-state index is 13.8. The SMILES string of the molecule is CC(C)[Si](Oc1ccc2c(c1)CC[C@@H](c1ccc(F)cc1)[C@H]2c1ccc(OCCBr)cc1)(C(C)C)C(C)C. The predicted octanol–water partition coefficient (Wildman–Crippen LogP) is 10.0. The summed E-state index contributed by atoms with van der Waals surface area (Å²) in [5, 5.41) is 0.802. The van der Waals surface area contributed by atoms with E-state index in [2.05, 4.69) is 99.9 Å². The van der Waals surface area contributed by atoms with Crippen LogP contribution >= 0.6 is 15.9 Å². The van der Waals surface area contributed by atoms with Gasteiger partial charge in [-0.3, -0.25) is 0 Å². The van der Waals surface area contributed by atoms with Crippen LogP contribution in [0.5, 0.6) is 11.5 Å². The second kappa shape index (κ2) is 12.4. The molecule has 0 fully saturated rings. The highest BCUT2D eigenvalue weighted by atomic mass is 79.9. The normalized spacial score (nSPS) is 17.7. The van der Waals surface area contributed by atoms with E-state index in [-0.39, 0.29) is 17.7 Å². The van der Waals surface area contributed by atoms with Gasteiger partial charge in [-0.2, -0.15) is 0 Å². The molecule has 4 rings (SSSR count). The van der Waals surface area contributed by atoms with Crippen molar-refractivity contribution in [1.82, 2.24) is 0 Å². The molecule has 3 aromatic rings. The number of halogens is 2. The Morgan fingerprint density at radius 2 is 1.39 bits per heavy atom. The van der Waals surface area contributed by atoms with Crippen molar-refractivity contribution in [2.24, 2.45) is 0 Å². The molecule has 2 atom stereocenters. The Bertz CT molecular complexity index is 1170. The Hall–Kier alpha value is -2.11. The number of rotatable bonds is 10. The lowest BCUT2D eigenvalue weighted by Gasteiger charge is -2.42. The molecule has 3 aromatic carbocycles. The number of hydrogen-bond acceptors (Lipinski definition) is 2. The molecule has 0 saturated heterocycles. The molecule has 0 aromatic heterocycles. The number of alkyl halides is 1. The zero-order chi connectivity index (χ0) is 27.4. The Labute approximate surface area is 238 Å². The van der Waals surface area contributed by atoms with Gasteiger partial charge in [0.2, 0.25) is 0 Å². The van der Waals surface area contributed by atoms with Crippen molar-refractivity contribution < 1.29 is 13.6 Å². The average molecular weight is 598 g/mol. The maximum absolute atomic E-state index is 13.8. The van der Waals surface area contributed by atoms with Gasteiger partial charge in [0.25, 0.3) is 8.32 Å². The van der Waals surface area contributed by atoms with Crippen LogP contribution in [-0.2, 0) is 6.42 Å². The molecule has 0 amide bonds. The number of fused-ring (bicyclic) bond motifs is 1. The molecule has 5 heteroatoms. The van der Waals surface area contributed by atoms with Gasteiger partial charge < -0.3 is 9.16 Å². The average Bonchev–Trinajstić information content (AvgIpc) is 2.90. The first kappa shape index (κ1) is 28.9. The van der Waals surface area contributed by atoms with Crippen LogP contribution in [0.4, 0.5) is 4.39 Å². The van der Waals surface area contributed by atoms with E-state index in [1.807, 2.05) is 12.1 Å². The minimum atomic E-state index is -2.04. The van der Waals surface area contributed by atoms with Gasteiger partial charge in [-0.15, -0.1) is 0 Å². The third kappa shape index (κ3) is 5.89. The molecule has 2 nitrogen and oxygen atoms in total. The molecule has 0 saturated carbocycles. The van der Waals surface area contributed by atoms with E-state index in [1.54, 1.807) is 12.1 Å². The van der Waals surface area contributed by atoms with E-state index >= 15 is 0 Å². The smallest absolute Gasteiger partial charge is 0.258 e. The summed E-state index contributed by atoms with van der Waals surface area (Å²) in [4.78, 5) is 0. The quantitative estimate of drug-likeness (QED) is 0.171. The maximum Gasteiger partial charge on any atom is 0.258 e. The Morgan fingerprint density at radius 3 is 1.97 bits per heavy atom. The molecule has 0 N–H and O–H groups in total. The highest BCUT2D eigenvalue weighted by Gasteiger charge is 2.47. The molecule has 0 unspecified atom stereocenters. The van der Waals surface area contributed by atoms with Crippen molar-refractivity contribution in [3.8, 4) is 11.5 Å². The van der Waals surface area contributed by atoms with Crippen molar-refractivity contribution in [1.29, 1.82) is 0 Å². The summed E-state index contributed by atoms with van der Waals surface area (Å²) >= 11 is 3.43. The molecule has 0 bridgehead atoms. The number of benzene rings is 3. The van der Waals surface area contributed by atoms with Crippen molar-refractivity contribution >= 4 is 24.2 Å².